The van der Waals surface area contributed by atoms with Gasteiger partial charge in [0.05, 0.1) is 12.3 Å². The van der Waals surface area contributed by atoms with Gasteiger partial charge in [-0.25, -0.2) is 18.4 Å². The summed E-state index contributed by atoms with van der Waals surface area (Å²) in [6, 6.07) is 6.09. The number of esters is 1. The van der Waals surface area contributed by atoms with Gasteiger partial charge in [-0.3, -0.25) is 5.32 Å². The molecule has 1 atom stereocenters. The summed E-state index contributed by atoms with van der Waals surface area (Å²) in [6.45, 7) is 7.30. The number of halogens is 19. The van der Waals surface area contributed by atoms with E-state index in [9.17, 15) is 93.0 Å². The summed E-state index contributed by atoms with van der Waals surface area (Å²) in [6.07, 6.45) is -9.53. The molecule has 0 aliphatic carbocycles. The van der Waals surface area contributed by atoms with Gasteiger partial charge >= 0.3 is 59.7 Å². The van der Waals surface area contributed by atoms with Crippen molar-refractivity contribution in [2.45, 2.75) is 111 Å². The number of nitrogens with one attached hydrogen (secondary N) is 1. The molecule has 0 aliphatic heterocycles. The summed E-state index contributed by atoms with van der Waals surface area (Å²) >= 11 is 0. The van der Waals surface area contributed by atoms with E-state index in [4.69, 9.17) is 18.6 Å². The summed E-state index contributed by atoms with van der Waals surface area (Å²) in [4.78, 5) is 24.5. The topological polar surface area (TPSA) is 83.1 Å². The normalized spacial score (nSPS) is 14.4. The second kappa shape index (κ2) is 21.1. The van der Waals surface area contributed by atoms with Crippen LogP contribution in [0.25, 0.3) is 0 Å². The highest BCUT2D eigenvalue weighted by Crippen LogP contribution is 2.64. The summed E-state index contributed by atoms with van der Waals surface area (Å²) in [5.41, 5.74) is -2.09. The van der Waals surface area contributed by atoms with Crippen LogP contribution in [0.4, 0.5) is 93.9 Å². The van der Waals surface area contributed by atoms with Gasteiger partial charge in [0.2, 0.25) is 0 Å². The summed E-state index contributed by atoms with van der Waals surface area (Å²) < 4.78 is 284. The number of benzene rings is 2. The van der Waals surface area contributed by atoms with E-state index < -0.39 is 128 Å². The average molecular weight is 1010 g/mol. The quantitative estimate of drug-likeness (QED) is 0.0282. The molecule has 0 heterocycles. The predicted octanol–water partition coefficient (Wildman–Crippen LogP) is 13.5. The molecule has 0 saturated carbocycles. The van der Waals surface area contributed by atoms with Crippen molar-refractivity contribution in [3.05, 3.63) is 84.5 Å². The maximum atomic E-state index is 15.0. The van der Waals surface area contributed by atoms with Crippen LogP contribution in [-0.2, 0) is 18.7 Å². The number of ether oxygens (including phenoxy) is 3. The molecule has 0 unspecified atom stereocenters. The van der Waals surface area contributed by atoms with Gasteiger partial charge in [0.1, 0.15) is 36.7 Å². The van der Waals surface area contributed by atoms with Crippen molar-refractivity contribution < 1.29 is 112 Å². The van der Waals surface area contributed by atoms with Gasteiger partial charge < -0.3 is 18.6 Å². The highest BCUT2D eigenvalue weighted by Gasteiger charge is 2.95. The van der Waals surface area contributed by atoms with Crippen molar-refractivity contribution in [1.82, 2.24) is 0 Å². The third-order valence-corrected chi connectivity index (χ3v) is 15.6. The second-order valence-corrected chi connectivity index (χ2v) is 19.9. The molecule has 0 saturated heterocycles. The number of anilines is 1. The Bertz CT molecular complexity index is 1980. The molecule has 0 bridgehead atoms. The van der Waals surface area contributed by atoms with Crippen LogP contribution < -0.4 is 10.1 Å². The highest BCUT2D eigenvalue weighted by atomic mass is 28.4. The smallest absolute Gasteiger partial charge is 0.460 e. The molecular weight excluding hydrogens is 967 g/mol. The van der Waals surface area contributed by atoms with Crippen molar-refractivity contribution in [2.24, 2.45) is 0 Å². The lowest BCUT2D eigenvalue weighted by Gasteiger charge is -2.44. The van der Waals surface area contributed by atoms with Crippen molar-refractivity contribution in [3.63, 3.8) is 0 Å². The fourth-order valence-corrected chi connectivity index (χ4v) is 10.6. The van der Waals surface area contributed by atoms with Crippen LogP contribution in [0.15, 0.2) is 67.3 Å². The van der Waals surface area contributed by atoms with E-state index in [1.807, 2.05) is 0 Å². The molecule has 374 valence electrons. The molecule has 2 aromatic rings. The lowest BCUT2D eigenvalue weighted by atomic mass is 9.88. The Kier molecular flexibility index (Phi) is 18.3. The highest BCUT2D eigenvalue weighted by molar-refractivity contribution is 6.76. The van der Waals surface area contributed by atoms with Crippen LogP contribution >= 0.6 is 0 Å². The molecule has 7 nitrogen and oxygen atoms in total. The van der Waals surface area contributed by atoms with Crippen LogP contribution in [0.1, 0.15) is 52.2 Å². The molecular formula is C39H40F19NO6Si. The van der Waals surface area contributed by atoms with Gasteiger partial charge in [-0.1, -0.05) is 58.6 Å². The SMILES string of the molecule is C=CCOC(=O)/C=C/C[C@@H](OC(=O)Nc1ccc(F)cc1F)c1ccc(OCCO[Si](CCC(F)(F)C(F)(F)C(F)(F)C(F)(F)C(F)(F)C(F)(F)C(F)(F)C(F)(F)F)(C(C)C)C(C)C)cc1. The molecule has 0 aliphatic rings. The predicted molar refractivity (Wildman–Crippen MR) is 198 cm³/mol. The Hall–Kier alpha value is -4.69. The Morgan fingerprint density at radius 3 is 1.71 bits per heavy atom. The lowest BCUT2D eigenvalue weighted by molar-refractivity contribution is -0.461. The first-order chi connectivity index (χ1) is 29.9. The van der Waals surface area contributed by atoms with Crippen molar-refractivity contribution in [3.8, 4) is 5.75 Å². The van der Waals surface area contributed by atoms with Crippen molar-refractivity contribution in [1.29, 1.82) is 0 Å². The van der Waals surface area contributed by atoms with Crippen molar-refractivity contribution >= 4 is 26.1 Å². The molecule has 0 spiro atoms. The van der Waals surface area contributed by atoms with Gasteiger partial charge in [-0.05, 0) is 47.0 Å². The molecule has 0 aromatic heterocycles. The van der Waals surface area contributed by atoms with Gasteiger partial charge in [0, 0.05) is 25.0 Å². The summed E-state index contributed by atoms with van der Waals surface area (Å²) in [5, 5.41) is 2.08. The Morgan fingerprint density at radius 1 is 0.712 bits per heavy atom. The van der Waals surface area contributed by atoms with Crippen LogP contribution in [-0.4, -0.2) is 87.8 Å². The fraction of sp³-hybridized carbons (Fsp3) is 0.538. The van der Waals surface area contributed by atoms with E-state index in [0.717, 1.165) is 18.2 Å². The number of rotatable bonds is 24. The maximum Gasteiger partial charge on any atom is 0.460 e. The van der Waals surface area contributed by atoms with Crippen molar-refractivity contribution in [2.75, 3.05) is 25.1 Å². The molecule has 0 fully saturated rings. The second-order valence-electron chi connectivity index (χ2n) is 14.9. The molecule has 66 heavy (non-hydrogen) atoms. The molecule has 2 rings (SSSR count). The molecule has 27 heteroatoms. The third kappa shape index (κ3) is 11.9. The zero-order chi connectivity index (χ0) is 51.1. The van der Waals surface area contributed by atoms with E-state index in [1.54, 1.807) is 0 Å². The lowest BCUT2D eigenvalue weighted by Crippen LogP contribution is -2.74. The van der Waals surface area contributed by atoms with E-state index >= 15 is 0 Å². The Balaban J connectivity index is 2.28. The Morgan fingerprint density at radius 2 is 1.23 bits per heavy atom. The van der Waals surface area contributed by atoms with Crippen LogP contribution in [0.3, 0.4) is 0 Å². The van der Waals surface area contributed by atoms with Crippen LogP contribution in [0.2, 0.25) is 17.1 Å². The molecule has 1 N–H and O–H groups in total. The van der Waals surface area contributed by atoms with Gasteiger partial charge in [-0.2, -0.15) is 74.6 Å². The number of amides is 1. The standard InChI is InChI=1S/C39H40F19NO6Si/c1-6-17-63-30(60)9-7-8-29(65-31(61)59-28-15-12-25(40)21-27(28)41)24-10-13-26(14-11-24)62-18-19-64-66(22(2)3,23(4)5)20-16-32(42,43)33(44,45)34(46,47)35(48,49)36(50,51)37(52,53)38(54,55)39(56,57)58/h6-7,9-15,21-23,29H,1,8,16-20H2,2-5H3,(H,59,61)/b9-7+/t29-/m1/s1. The monoisotopic (exact) mass is 1010 g/mol. The number of hydrogen-bond donors (Lipinski definition) is 1. The fourth-order valence-electron chi connectivity index (χ4n) is 6.11. The number of alkyl halides is 17. The van der Waals surface area contributed by atoms with Gasteiger partial charge in [-0.15, -0.1) is 0 Å². The number of hydrogen-bond acceptors (Lipinski definition) is 6. The first kappa shape index (κ1) is 57.4. The Labute approximate surface area is 364 Å². The first-order valence-electron chi connectivity index (χ1n) is 18.9. The first-order valence-corrected chi connectivity index (χ1v) is 21.1. The van der Waals surface area contributed by atoms with Gasteiger partial charge in [0.15, 0.2) is 8.32 Å². The van der Waals surface area contributed by atoms with E-state index in [2.05, 4.69) is 11.9 Å². The minimum atomic E-state index is -8.72. The third-order valence-electron chi connectivity index (χ3n) is 9.91. The van der Waals surface area contributed by atoms with Crippen LogP contribution in [0, 0.1) is 11.6 Å². The minimum absolute atomic E-state index is 0.0218. The molecule has 0 radical (unpaired) electrons. The zero-order valence-electron chi connectivity index (χ0n) is 34.6. The zero-order valence-corrected chi connectivity index (χ0v) is 35.6. The van der Waals surface area contributed by atoms with E-state index in [1.165, 1.54) is 64.1 Å². The minimum Gasteiger partial charge on any atom is -0.491 e. The molecule has 2 aromatic carbocycles. The van der Waals surface area contributed by atoms with Crippen LogP contribution in [0.5, 0.6) is 5.75 Å². The number of carbonyl (C=O) groups excluding carboxylic acids is 2. The summed E-state index contributed by atoms with van der Waals surface area (Å²) in [5.74, 6) is -59.9. The van der Waals surface area contributed by atoms with Gasteiger partial charge in [0.25, 0.3) is 0 Å². The largest absolute Gasteiger partial charge is 0.491 e. The average Bonchev–Trinajstić information content (AvgIpc) is 3.19. The number of carbonyl (C=O) groups is 2. The summed E-state index contributed by atoms with van der Waals surface area (Å²) in [7, 11) is -4.06. The molecule has 1 amide bonds. The maximum absolute atomic E-state index is 15.0. The van der Waals surface area contributed by atoms with E-state index in [-0.39, 0.29) is 24.3 Å². The van der Waals surface area contributed by atoms with E-state index in [0.29, 0.717) is 6.07 Å².